The maximum atomic E-state index is 11.0. The molecule has 0 radical (unpaired) electrons. The Morgan fingerprint density at radius 1 is 1.20 bits per heavy atom. The lowest BCUT2D eigenvalue weighted by molar-refractivity contribution is 0.0695. The van der Waals surface area contributed by atoms with Crippen molar-refractivity contribution in [2.75, 3.05) is 13.2 Å². The fraction of sp³-hybridized carbons (Fsp3) is 0.200. The van der Waals surface area contributed by atoms with E-state index in [2.05, 4.69) is 10.3 Å². The molecule has 0 aliphatic rings. The maximum absolute atomic E-state index is 11.0. The number of nitrogens with zero attached hydrogens (tertiary/aromatic N) is 1. The molecular formula is C15H16N2O3. The zero-order chi connectivity index (χ0) is 14.2. The predicted molar refractivity (Wildman–Crippen MR) is 74.8 cm³/mol. The number of carboxylic acids is 1. The number of carboxylic acid groups (broad SMARTS) is 1. The first-order valence-electron chi connectivity index (χ1n) is 6.33. The van der Waals surface area contributed by atoms with Crippen LogP contribution in [0, 0.1) is 0 Å². The number of aromatic carboxylic acids is 1. The van der Waals surface area contributed by atoms with E-state index in [4.69, 9.17) is 9.84 Å². The lowest BCUT2D eigenvalue weighted by atomic mass is 10.1. The molecule has 0 aliphatic heterocycles. The lowest BCUT2D eigenvalue weighted by Crippen LogP contribution is -2.22. The normalized spacial score (nSPS) is 10.2. The molecule has 1 aromatic carbocycles. The quantitative estimate of drug-likeness (QED) is 0.754. The molecule has 0 saturated carbocycles. The number of hydrogen-bond donors (Lipinski definition) is 2. The van der Waals surface area contributed by atoms with Gasteiger partial charge in [-0.25, -0.2) is 9.78 Å². The first-order valence-corrected chi connectivity index (χ1v) is 6.33. The number of ether oxygens (including phenoxy) is 1. The van der Waals surface area contributed by atoms with Crippen LogP contribution in [0.2, 0.25) is 0 Å². The Labute approximate surface area is 117 Å². The van der Waals surface area contributed by atoms with Crippen molar-refractivity contribution in [2.45, 2.75) is 6.54 Å². The minimum atomic E-state index is -0.910. The van der Waals surface area contributed by atoms with Gasteiger partial charge in [0.15, 0.2) is 0 Å². The zero-order valence-corrected chi connectivity index (χ0v) is 11.0. The number of pyridine rings is 1. The molecule has 0 unspecified atom stereocenters. The summed E-state index contributed by atoms with van der Waals surface area (Å²) >= 11 is 0. The third-order valence-electron chi connectivity index (χ3n) is 2.73. The molecule has 20 heavy (non-hydrogen) atoms. The molecule has 5 nitrogen and oxygen atoms in total. The highest BCUT2D eigenvalue weighted by molar-refractivity contribution is 5.89. The second-order valence-corrected chi connectivity index (χ2v) is 4.16. The van der Waals surface area contributed by atoms with Gasteiger partial charge >= 0.3 is 5.97 Å². The molecule has 0 saturated heterocycles. The summed E-state index contributed by atoms with van der Waals surface area (Å²) in [6, 6.07) is 12.4. The average molecular weight is 272 g/mol. The molecule has 2 N–H and O–H groups in total. The summed E-state index contributed by atoms with van der Waals surface area (Å²) < 4.78 is 5.43. The maximum Gasteiger partial charge on any atom is 0.336 e. The second kappa shape index (κ2) is 7.25. The summed E-state index contributed by atoms with van der Waals surface area (Å²) in [5, 5.41) is 12.2. The number of aromatic nitrogens is 1. The van der Waals surface area contributed by atoms with Gasteiger partial charge in [-0.15, -0.1) is 0 Å². The highest BCUT2D eigenvalue weighted by Gasteiger charge is 2.07. The van der Waals surface area contributed by atoms with Gasteiger partial charge in [0.05, 0.1) is 5.56 Å². The molecule has 0 aliphatic carbocycles. The summed E-state index contributed by atoms with van der Waals surface area (Å²) in [5.74, 6) is -0.327. The highest BCUT2D eigenvalue weighted by atomic mass is 16.5. The summed E-state index contributed by atoms with van der Waals surface area (Å²) in [4.78, 5) is 15.1. The van der Waals surface area contributed by atoms with Gasteiger partial charge in [-0.3, -0.25) is 0 Å². The van der Waals surface area contributed by atoms with E-state index in [1.54, 1.807) is 30.5 Å². The number of nitrogens with one attached hydrogen (secondary N) is 1. The number of carbonyl (C=O) groups is 1. The van der Waals surface area contributed by atoms with Crippen molar-refractivity contribution in [3.63, 3.8) is 0 Å². The third-order valence-corrected chi connectivity index (χ3v) is 2.73. The van der Waals surface area contributed by atoms with E-state index in [0.717, 1.165) is 5.56 Å². The van der Waals surface area contributed by atoms with E-state index >= 15 is 0 Å². The summed E-state index contributed by atoms with van der Waals surface area (Å²) in [7, 11) is 0. The molecular weight excluding hydrogens is 256 g/mol. The third kappa shape index (κ3) is 4.07. The van der Waals surface area contributed by atoms with Crippen LogP contribution in [0.5, 0.6) is 5.88 Å². The van der Waals surface area contributed by atoms with Gasteiger partial charge in [-0.05, 0) is 17.7 Å². The molecule has 5 heteroatoms. The van der Waals surface area contributed by atoms with Crippen LogP contribution in [0.25, 0.3) is 0 Å². The molecule has 0 bridgehead atoms. The van der Waals surface area contributed by atoms with Gasteiger partial charge in [-0.2, -0.15) is 0 Å². The molecule has 0 fully saturated rings. The molecule has 2 aromatic rings. The summed E-state index contributed by atoms with van der Waals surface area (Å²) in [5.41, 5.74) is 1.09. The topological polar surface area (TPSA) is 71.5 Å². The van der Waals surface area contributed by atoms with Crippen molar-refractivity contribution < 1.29 is 14.6 Å². The second-order valence-electron chi connectivity index (χ2n) is 4.16. The Hall–Kier alpha value is -2.40. The fourth-order valence-corrected chi connectivity index (χ4v) is 1.77. The van der Waals surface area contributed by atoms with E-state index in [1.807, 2.05) is 18.2 Å². The van der Waals surface area contributed by atoms with E-state index < -0.39 is 5.97 Å². The number of rotatable bonds is 7. The van der Waals surface area contributed by atoms with Crippen LogP contribution in [-0.4, -0.2) is 29.2 Å². The Balaban J connectivity index is 1.75. The number of benzene rings is 1. The van der Waals surface area contributed by atoms with Crippen LogP contribution in [-0.2, 0) is 6.54 Å². The van der Waals surface area contributed by atoms with Crippen LogP contribution in [0.1, 0.15) is 15.9 Å². The Bertz CT molecular complexity index is 558. The first-order chi connectivity index (χ1) is 9.77. The largest absolute Gasteiger partial charge is 0.478 e. The number of hydrogen-bond acceptors (Lipinski definition) is 4. The van der Waals surface area contributed by atoms with Crippen LogP contribution in [0.4, 0.5) is 0 Å². The molecule has 2 rings (SSSR count). The van der Waals surface area contributed by atoms with Gasteiger partial charge in [0.1, 0.15) is 6.61 Å². The molecule has 0 atom stereocenters. The molecule has 0 spiro atoms. The van der Waals surface area contributed by atoms with Crippen LogP contribution >= 0.6 is 0 Å². The molecule has 0 amide bonds. The van der Waals surface area contributed by atoms with Crippen molar-refractivity contribution >= 4 is 5.97 Å². The average Bonchev–Trinajstić information content (AvgIpc) is 2.48. The van der Waals surface area contributed by atoms with E-state index in [1.165, 1.54) is 0 Å². The highest BCUT2D eigenvalue weighted by Crippen LogP contribution is 2.08. The van der Waals surface area contributed by atoms with E-state index in [-0.39, 0.29) is 0 Å². The van der Waals surface area contributed by atoms with Crippen molar-refractivity contribution in [3.05, 3.63) is 59.8 Å². The first kappa shape index (κ1) is 14.0. The van der Waals surface area contributed by atoms with Crippen LogP contribution < -0.4 is 10.1 Å². The molecule has 1 heterocycles. The van der Waals surface area contributed by atoms with Crippen molar-refractivity contribution in [3.8, 4) is 5.88 Å². The van der Waals surface area contributed by atoms with Crippen LogP contribution in [0.3, 0.4) is 0 Å². The zero-order valence-electron chi connectivity index (χ0n) is 11.0. The Morgan fingerprint density at radius 2 is 2.00 bits per heavy atom. The van der Waals surface area contributed by atoms with Gasteiger partial charge in [0, 0.05) is 25.4 Å². The summed E-state index contributed by atoms with van der Waals surface area (Å²) in [6.07, 6.45) is 1.67. The van der Waals surface area contributed by atoms with Crippen LogP contribution in [0.15, 0.2) is 48.7 Å². The van der Waals surface area contributed by atoms with E-state index in [9.17, 15) is 4.79 Å². The standard InChI is InChI=1S/C15H16N2O3/c18-15(19)13-6-2-1-5-12(13)11-16-9-10-20-14-7-3-4-8-17-14/h1-8,16H,9-11H2,(H,18,19). The van der Waals surface area contributed by atoms with Gasteiger partial charge in [0.25, 0.3) is 0 Å². The van der Waals surface area contributed by atoms with Crippen molar-refractivity contribution in [1.82, 2.24) is 10.3 Å². The Morgan fingerprint density at radius 3 is 2.75 bits per heavy atom. The minimum Gasteiger partial charge on any atom is -0.478 e. The van der Waals surface area contributed by atoms with E-state index in [0.29, 0.717) is 31.1 Å². The smallest absolute Gasteiger partial charge is 0.336 e. The summed E-state index contributed by atoms with van der Waals surface area (Å²) in [6.45, 7) is 1.59. The Kier molecular flexibility index (Phi) is 5.08. The van der Waals surface area contributed by atoms with Gasteiger partial charge in [-0.1, -0.05) is 24.3 Å². The predicted octanol–water partition coefficient (Wildman–Crippen LogP) is 1.95. The molecule has 104 valence electrons. The fourth-order valence-electron chi connectivity index (χ4n) is 1.77. The SMILES string of the molecule is O=C(O)c1ccccc1CNCCOc1ccccn1. The van der Waals surface area contributed by atoms with Crippen molar-refractivity contribution in [2.24, 2.45) is 0 Å². The molecule has 1 aromatic heterocycles. The minimum absolute atomic E-state index is 0.325. The van der Waals surface area contributed by atoms with Crippen molar-refractivity contribution in [1.29, 1.82) is 0 Å². The lowest BCUT2D eigenvalue weighted by Gasteiger charge is -2.08. The monoisotopic (exact) mass is 272 g/mol. The van der Waals surface area contributed by atoms with Gasteiger partial charge < -0.3 is 15.2 Å². The van der Waals surface area contributed by atoms with Gasteiger partial charge in [0.2, 0.25) is 5.88 Å².